The first-order valence-electron chi connectivity index (χ1n) is 8.37. The number of thioether (sulfide) groups is 1. The van der Waals surface area contributed by atoms with Crippen LogP contribution in [0.5, 0.6) is 0 Å². The number of carbonyl (C=O) groups is 1. The van der Waals surface area contributed by atoms with Gasteiger partial charge in [0.1, 0.15) is 5.60 Å². The van der Waals surface area contributed by atoms with E-state index in [-0.39, 0.29) is 11.7 Å². The molecule has 1 saturated heterocycles. The fraction of sp³-hybridized carbons (Fsp3) is 0.647. The highest BCUT2D eigenvalue weighted by Crippen LogP contribution is 2.09. The van der Waals surface area contributed by atoms with Gasteiger partial charge in [0.05, 0.1) is 0 Å². The van der Waals surface area contributed by atoms with Gasteiger partial charge in [-0.05, 0) is 39.8 Å². The van der Waals surface area contributed by atoms with Crippen molar-refractivity contribution in [1.29, 1.82) is 0 Å². The van der Waals surface area contributed by atoms with Crippen molar-refractivity contribution in [2.75, 3.05) is 37.7 Å². The maximum atomic E-state index is 11.4. The Balaban J connectivity index is 0.000000324. The van der Waals surface area contributed by atoms with Crippen molar-refractivity contribution in [2.24, 2.45) is 0 Å². The Kier molecular flexibility index (Phi) is 10.2. The Morgan fingerprint density at radius 3 is 2.60 bits per heavy atom. The van der Waals surface area contributed by atoms with Crippen LogP contribution in [0.25, 0.3) is 0 Å². The Hall–Kier alpha value is -0.990. The second-order valence-corrected chi connectivity index (χ2v) is 8.75. The molecule has 0 aromatic carbocycles. The molecule has 1 fully saturated rings. The van der Waals surface area contributed by atoms with Crippen LogP contribution in [0.3, 0.4) is 0 Å². The number of ether oxygens (including phenoxy) is 1. The van der Waals surface area contributed by atoms with Crippen LogP contribution in [0.2, 0.25) is 0 Å². The van der Waals surface area contributed by atoms with Gasteiger partial charge in [0.15, 0.2) is 0 Å². The lowest BCUT2D eigenvalue weighted by atomic mass is 10.2. The number of hydrogen-bond acceptors (Lipinski definition) is 5. The zero-order valence-electron chi connectivity index (χ0n) is 15.1. The van der Waals surface area contributed by atoms with E-state index >= 15 is 0 Å². The third kappa shape index (κ3) is 12.1. The van der Waals surface area contributed by atoms with E-state index in [9.17, 15) is 9.59 Å². The maximum absolute atomic E-state index is 11.4. The minimum absolute atomic E-state index is 0.0839. The average molecular weight is 434 g/mol. The zero-order chi connectivity index (χ0) is 18.7. The summed E-state index contributed by atoms with van der Waals surface area (Å²) in [5.74, 6) is 2.47. The lowest BCUT2D eigenvalue weighted by molar-refractivity contribution is 0.0526. The first-order chi connectivity index (χ1) is 11.8. The average Bonchev–Trinajstić information content (AvgIpc) is 2.51. The maximum Gasteiger partial charge on any atom is 0.407 e. The van der Waals surface area contributed by atoms with Gasteiger partial charge in [0, 0.05) is 47.9 Å². The van der Waals surface area contributed by atoms with Gasteiger partial charge in [-0.25, -0.2) is 4.79 Å². The molecule has 0 bridgehead atoms. The van der Waals surface area contributed by atoms with Crippen molar-refractivity contribution in [2.45, 2.75) is 32.8 Å². The molecular formula is C17H28BrN3O3S. The molecule has 2 rings (SSSR count). The number of pyridine rings is 1. The predicted molar refractivity (Wildman–Crippen MR) is 107 cm³/mol. The number of nitrogens with one attached hydrogen (secondary N) is 2. The van der Waals surface area contributed by atoms with E-state index in [4.69, 9.17) is 4.74 Å². The summed E-state index contributed by atoms with van der Waals surface area (Å²) in [6, 6.07) is 3.24. The molecule has 1 amide bonds. The summed E-state index contributed by atoms with van der Waals surface area (Å²) in [6.45, 7) is 9.73. The number of halogens is 1. The molecular weight excluding hydrogens is 406 g/mol. The van der Waals surface area contributed by atoms with Gasteiger partial charge >= 0.3 is 6.09 Å². The van der Waals surface area contributed by atoms with Crippen molar-refractivity contribution in [3.8, 4) is 0 Å². The van der Waals surface area contributed by atoms with Crippen LogP contribution in [0.4, 0.5) is 4.79 Å². The van der Waals surface area contributed by atoms with Crippen molar-refractivity contribution in [3.05, 3.63) is 33.2 Å². The molecule has 25 heavy (non-hydrogen) atoms. The van der Waals surface area contributed by atoms with Gasteiger partial charge in [0.25, 0.3) is 0 Å². The van der Waals surface area contributed by atoms with Gasteiger partial charge in [-0.1, -0.05) is 15.9 Å². The molecule has 1 aliphatic heterocycles. The van der Waals surface area contributed by atoms with Crippen LogP contribution in [0.1, 0.15) is 27.2 Å². The fourth-order valence-electron chi connectivity index (χ4n) is 2.05. The molecule has 1 aliphatic rings. The van der Waals surface area contributed by atoms with E-state index in [1.54, 1.807) is 12.3 Å². The molecule has 142 valence electrons. The van der Waals surface area contributed by atoms with Crippen LogP contribution in [-0.2, 0) is 4.74 Å². The van der Waals surface area contributed by atoms with Crippen molar-refractivity contribution >= 4 is 33.8 Å². The van der Waals surface area contributed by atoms with E-state index < -0.39 is 5.60 Å². The zero-order valence-corrected chi connectivity index (χ0v) is 17.5. The lowest BCUT2D eigenvalue weighted by Crippen LogP contribution is -2.36. The van der Waals surface area contributed by atoms with Gasteiger partial charge < -0.3 is 19.9 Å². The van der Waals surface area contributed by atoms with Crippen LogP contribution >= 0.6 is 27.7 Å². The minimum Gasteiger partial charge on any atom is -0.444 e. The van der Waals surface area contributed by atoms with Crippen LogP contribution in [0.15, 0.2) is 27.6 Å². The van der Waals surface area contributed by atoms with E-state index in [0.717, 1.165) is 17.4 Å². The molecule has 1 aromatic rings. The SMILES string of the molecule is CC(C)(C)OC(=O)NCCCN1CCSCC1.O=c1cc(Br)cc[nH]1. The molecule has 0 atom stereocenters. The summed E-state index contributed by atoms with van der Waals surface area (Å²) in [5.41, 5.74) is -0.492. The monoisotopic (exact) mass is 433 g/mol. The lowest BCUT2D eigenvalue weighted by Gasteiger charge is -2.26. The minimum atomic E-state index is -0.409. The normalized spacial score (nSPS) is 15.0. The third-order valence-corrected chi connectivity index (χ3v) is 4.60. The number of H-pyrrole nitrogens is 1. The first kappa shape index (κ1) is 22.1. The highest BCUT2D eigenvalue weighted by molar-refractivity contribution is 9.10. The van der Waals surface area contributed by atoms with Gasteiger partial charge in [0.2, 0.25) is 5.56 Å². The number of aromatic amines is 1. The van der Waals surface area contributed by atoms with E-state index in [1.807, 2.05) is 32.5 Å². The number of hydrogen-bond donors (Lipinski definition) is 2. The van der Waals surface area contributed by atoms with Crippen LogP contribution in [-0.4, -0.2) is 59.3 Å². The Labute approximate surface area is 162 Å². The molecule has 0 aliphatic carbocycles. The van der Waals surface area contributed by atoms with E-state index in [1.165, 1.54) is 30.7 Å². The molecule has 0 radical (unpaired) electrons. The number of amides is 1. The van der Waals surface area contributed by atoms with Crippen molar-refractivity contribution in [1.82, 2.24) is 15.2 Å². The van der Waals surface area contributed by atoms with Crippen molar-refractivity contribution in [3.63, 3.8) is 0 Å². The largest absolute Gasteiger partial charge is 0.444 e. The Morgan fingerprint density at radius 1 is 1.40 bits per heavy atom. The molecule has 1 aromatic heterocycles. The Morgan fingerprint density at radius 2 is 2.08 bits per heavy atom. The summed E-state index contributed by atoms with van der Waals surface area (Å²) < 4.78 is 5.97. The number of carbonyl (C=O) groups excluding carboxylic acids is 1. The van der Waals surface area contributed by atoms with Crippen molar-refractivity contribution < 1.29 is 9.53 Å². The molecule has 6 nitrogen and oxygen atoms in total. The molecule has 0 spiro atoms. The summed E-state index contributed by atoms with van der Waals surface area (Å²) >= 11 is 5.16. The Bertz CT molecular complexity index is 569. The van der Waals surface area contributed by atoms with Gasteiger partial charge in [-0.3, -0.25) is 4.79 Å². The molecule has 0 unspecified atom stereocenters. The van der Waals surface area contributed by atoms with Crippen LogP contribution in [0, 0.1) is 0 Å². The van der Waals surface area contributed by atoms with E-state index in [2.05, 4.69) is 31.1 Å². The predicted octanol–water partition coefficient (Wildman–Crippen LogP) is 3.09. The number of rotatable bonds is 4. The van der Waals surface area contributed by atoms with Gasteiger partial charge in [-0.2, -0.15) is 11.8 Å². The summed E-state index contributed by atoms with van der Waals surface area (Å²) in [6.07, 6.45) is 2.27. The summed E-state index contributed by atoms with van der Waals surface area (Å²) in [7, 11) is 0. The topological polar surface area (TPSA) is 74.4 Å². The second-order valence-electron chi connectivity index (χ2n) is 6.61. The van der Waals surface area contributed by atoms with E-state index in [0.29, 0.717) is 6.54 Å². The summed E-state index contributed by atoms with van der Waals surface area (Å²) in [4.78, 5) is 26.7. The molecule has 2 heterocycles. The van der Waals surface area contributed by atoms with Crippen LogP contribution < -0.4 is 10.9 Å². The molecule has 2 N–H and O–H groups in total. The second kappa shape index (κ2) is 11.6. The smallest absolute Gasteiger partial charge is 0.407 e. The highest BCUT2D eigenvalue weighted by Gasteiger charge is 2.15. The summed E-state index contributed by atoms with van der Waals surface area (Å²) in [5, 5.41) is 2.79. The standard InChI is InChI=1S/C12H24N2O2S.C5H4BrNO/c1-12(2,3)16-11(15)13-5-4-6-14-7-9-17-10-8-14;6-4-1-2-7-5(8)3-4/h4-10H2,1-3H3,(H,13,15);1-3H,(H,7,8). The number of alkyl carbamates (subject to hydrolysis) is 1. The molecule has 8 heteroatoms. The number of aromatic nitrogens is 1. The molecule has 0 saturated carbocycles. The number of nitrogens with zero attached hydrogens (tertiary/aromatic N) is 1. The van der Waals surface area contributed by atoms with Gasteiger partial charge in [-0.15, -0.1) is 0 Å². The fourth-order valence-corrected chi connectivity index (χ4v) is 3.37. The first-order valence-corrected chi connectivity index (χ1v) is 10.3. The quantitative estimate of drug-likeness (QED) is 0.713. The highest BCUT2D eigenvalue weighted by atomic mass is 79.9. The third-order valence-electron chi connectivity index (χ3n) is 3.16.